The molecule has 2 rings (SSSR count). The first-order chi connectivity index (χ1) is 9.70. The zero-order chi connectivity index (χ0) is 14.4. The van der Waals surface area contributed by atoms with Gasteiger partial charge in [0.15, 0.2) is 5.82 Å². The molecular weight excluding hydrogens is 256 g/mol. The Morgan fingerprint density at radius 3 is 2.55 bits per heavy atom. The average molecular weight is 272 g/mol. The summed E-state index contributed by atoms with van der Waals surface area (Å²) in [6, 6.07) is 13.4. The number of carbonyl (C=O) groups excluding carboxylic acids is 1. The molecule has 1 aromatic heterocycles. The fourth-order valence-electron chi connectivity index (χ4n) is 1.62. The molecule has 0 aliphatic heterocycles. The summed E-state index contributed by atoms with van der Waals surface area (Å²) < 4.78 is 4.79. The van der Waals surface area contributed by atoms with E-state index >= 15 is 0 Å². The molecule has 0 atom stereocenters. The molecular formula is C14H16N4O2. The number of hydrazine groups is 1. The Bertz CT molecular complexity index is 557. The normalized spacial score (nSPS) is 9.90. The molecule has 104 valence electrons. The molecule has 0 aliphatic rings. The Morgan fingerprint density at radius 1 is 1.20 bits per heavy atom. The second-order valence-electron chi connectivity index (χ2n) is 4.03. The van der Waals surface area contributed by atoms with Gasteiger partial charge in [-0.25, -0.2) is 10.2 Å². The van der Waals surface area contributed by atoms with E-state index in [1.165, 1.54) is 5.01 Å². The third-order valence-corrected chi connectivity index (χ3v) is 2.60. The lowest BCUT2D eigenvalue weighted by Gasteiger charge is -2.18. The van der Waals surface area contributed by atoms with Gasteiger partial charge in [0.05, 0.1) is 12.3 Å². The van der Waals surface area contributed by atoms with Crippen LogP contribution < -0.4 is 10.4 Å². The molecule has 0 spiro atoms. The highest BCUT2D eigenvalue weighted by molar-refractivity contribution is 5.69. The number of benzene rings is 1. The van der Waals surface area contributed by atoms with Crippen molar-refractivity contribution in [2.24, 2.45) is 0 Å². The Balaban J connectivity index is 2.06. The lowest BCUT2D eigenvalue weighted by molar-refractivity contribution is 0.151. The van der Waals surface area contributed by atoms with Gasteiger partial charge in [0.2, 0.25) is 0 Å². The molecule has 0 unspecified atom stereocenters. The van der Waals surface area contributed by atoms with Crippen LogP contribution in [0.15, 0.2) is 42.5 Å². The van der Waals surface area contributed by atoms with Crippen molar-refractivity contribution >= 4 is 11.9 Å². The summed E-state index contributed by atoms with van der Waals surface area (Å²) in [6.07, 6.45) is -0.524. The van der Waals surface area contributed by atoms with E-state index in [-0.39, 0.29) is 0 Å². The summed E-state index contributed by atoms with van der Waals surface area (Å²) in [5, 5.41) is 9.67. The maximum Gasteiger partial charge on any atom is 0.426 e. The Hall–Kier alpha value is -2.63. The average Bonchev–Trinajstić information content (AvgIpc) is 2.48. The van der Waals surface area contributed by atoms with Crippen LogP contribution in [0, 0.1) is 0 Å². The molecule has 0 aliphatic carbocycles. The fourth-order valence-corrected chi connectivity index (χ4v) is 1.62. The van der Waals surface area contributed by atoms with Crippen LogP contribution in [0.2, 0.25) is 0 Å². The van der Waals surface area contributed by atoms with E-state index in [9.17, 15) is 4.79 Å². The minimum atomic E-state index is -0.524. The van der Waals surface area contributed by atoms with Gasteiger partial charge in [0.25, 0.3) is 0 Å². The summed E-state index contributed by atoms with van der Waals surface area (Å²) in [4.78, 5) is 11.3. The van der Waals surface area contributed by atoms with Crippen LogP contribution in [0.3, 0.4) is 0 Å². The summed E-state index contributed by atoms with van der Waals surface area (Å²) in [5.74, 6) is 0.526. The van der Waals surface area contributed by atoms with E-state index < -0.39 is 6.09 Å². The van der Waals surface area contributed by atoms with Crippen LogP contribution >= 0.6 is 0 Å². The summed E-state index contributed by atoms with van der Waals surface area (Å²) in [5.41, 5.74) is 4.30. The predicted molar refractivity (Wildman–Crippen MR) is 76.0 cm³/mol. The van der Waals surface area contributed by atoms with Crippen molar-refractivity contribution in [3.05, 3.63) is 42.5 Å². The Kier molecular flexibility index (Phi) is 4.49. The van der Waals surface area contributed by atoms with E-state index in [0.717, 1.165) is 11.3 Å². The molecule has 0 saturated heterocycles. The van der Waals surface area contributed by atoms with Gasteiger partial charge in [-0.1, -0.05) is 30.3 Å². The molecule has 2 aromatic rings. The largest absolute Gasteiger partial charge is 0.449 e. The van der Waals surface area contributed by atoms with E-state index in [0.29, 0.717) is 12.4 Å². The zero-order valence-electron chi connectivity index (χ0n) is 11.4. The summed E-state index contributed by atoms with van der Waals surface area (Å²) in [7, 11) is 1.67. The summed E-state index contributed by atoms with van der Waals surface area (Å²) >= 11 is 0. The second kappa shape index (κ2) is 6.51. The Labute approximate surface area is 117 Å². The fraction of sp³-hybridized carbons (Fsp3) is 0.214. The molecule has 20 heavy (non-hydrogen) atoms. The van der Waals surface area contributed by atoms with E-state index in [1.807, 2.05) is 36.4 Å². The van der Waals surface area contributed by atoms with Crippen molar-refractivity contribution in [3.63, 3.8) is 0 Å². The van der Waals surface area contributed by atoms with E-state index in [2.05, 4.69) is 15.6 Å². The number of amides is 1. The maximum atomic E-state index is 11.3. The highest BCUT2D eigenvalue weighted by atomic mass is 16.6. The van der Waals surface area contributed by atoms with Crippen molar-refractivity contribution in [2.45, 2.75) is 6.92 Å². The standard InChI is InChI=1S/C14H16N4O2/c1-3-20-14(19)17-18(2)13-10-9-12(15-16-13)11-7-5-4-6-8-11/h4-10H,3H2,1-2H3,(H,17,19). The highest BCUT2D eigenvalue weighted by Gasteiger charge is 2.08. The number of aromatic nitrogens is 2. The van der Waals surface area contributed by atoms with E-state index in [4.69, 9.17) is 4.74 Å². The Morgan fingerprint density at radius 2 is 1.95 bits per heavy atom. The van der Waals surface area contributed by atoms with Gasteiger partial charge in [-0.05, 0) is 19.1 Å². The van der Waals surface area contributed by atoms with Gasteiger partial charge in [-0.15, -0.1) is 10.2 Å². The maximum absolute atomic E-state index is 11.3. The van der Waals surface area contributed by atoms with Crippen molar-refractivity contribution < 1.29 is 9.53 Å². The molecule has 0 bridgehead atoms. The first kappa shape index (κ1) is 13.8. The molecule has 6 nitrogen and oxygen atoms in total. The molecule has 0 saturated carbocycles. The molecule has 1 N–H and O–H groups in total. The number of carbonyl (C=O) groups is 1. The number of hydrogen-bond acceptors (Lipinski definition) is 5. The summed E-state index contributed by atoms with van der Waals surface area (Å²) in [6.45, 7) is 2.06. The van der Waals surface area contributed by atoms with Crippen molar-refractivity contribution in [2.75, 3.05) is 18.7 Å². The third-order valence-electron chi connectivity index (χ3n) is 2.60. The van der Waals surface area contributed by atoms with Crippen molar-refractivity contribution in [1.82, 2.24) is 15.6 Å². The monoisotopic (exact) mass is 272 g/mol. The van der Waals surface area contributed by atoms with Crippen LogP contribution in [-0.4, -0.2) is 29.9 Å². The minimum Gasteiger partial charge on any atom is -0.449 e. The first-order valence-corrected chi connectivity index (χ1v) is 6.27. The molecule has 1 heterocycles. The first-order valence-electron chi connectivity index (χ1n) is 6.27. The van der Waals surface area contributed by atoms with Crippen LogP contribution in [0.4, 0.5) is 10.6 Å². The third kappa shape index (κ3) is 3.44. The van der Waals surface area contributed by atoms with Gasteiger partial charge < -0.3 is 4.74 Å². The topological polar surface area (TPSA) is 67.3 Å². The number of ether oxygens (including phenoxy) is 1. The lowest BCUT2D eigenvalue weighted by atomic mass is 10.1. The molecule has 1 aromatic carbocycles. The van der Waals surface area contributed by atoms with Crippen LogP contribution in [-0.2, 0) is 4.74 Å². The van der Waals surface area contributed by atoms with Gasteiger partial charge >= 0.3 is 6.09 Å². The van der Waals surface area contributed by atoms with Gasteiger partial charge in [-0.3, -0.25) is 5.01 Å². The molecule has 0 radical (unpaired) electrons. The molecule has 0 fully saturated rings. The zero-order valence-corrected chi connectivity index (χ0v) is 11.4. The number of anilines is 1. The van der Waals surface area contributed by atoms with Gasteiger partial charge in [-0.2, -0.15) is 0 Å². The smallest absolute Gasteiger partial charge is 0.426 e. The number of rotatable bonds is 4. The SMILES string of the molecule is CCOC(=O)NN(C)c1ccc(-c2ccccc2)nn1. The second-order valence-corrected chi connectivity index (χ2v) is 4.03. The highest BCUT2D eigenvalue weighted by Crippen LogP contribution is 2.16. The molecule has 6 heteroatoms. The van der Waals surface area contributed by atoms with Gasteiger partial charge in [0.1, 0.15) is 0 Å². The number of hydrogen-bond donors (Lipinski definition) is 1. The minimum absolute atomic E-state index is 0.318. The van der Waals surface area contributed by atoms with Gasteiger partial charge in [0, 0.05) is 12.6 Å². The van der Waals surface area contributed by atoms with Crippen molar-refractivity contribution in [3.8, 4) is 11.3 Å². The number of nitrogens with one attached hydrogen (secondary N) is 1. The van der Waals surface area contributed by atoms with Crippen LogP contribution in [0.1, 0.15) is 6.92 Å². The molecule has 1 amide bonds. The van der Waals surface area contributed by atoms with Crippen molar-refractivity contribution in [1.29, 1.82) is 0 Å². The van der Waals surface area contributed by atoms with Crippen LogP contribution in [0.5, 0.6) is 0 Å². The lowest BCUT2D eigenvalue weighted by Crippen LogP contribution is -2.40. The quantitative estimate of drug-likeness (QED) is 0.864. The number of nitrogens with zero attached hydrogens (tertiary/aromatic N) is 3. The van der Waals surface area contributed by atoms with Crippen LogP contribution in [0.25, 0.3) is 11.3 Å². The van der Waals surface area contributed by atoms with E-state index in [1.54, 1.807) is 20.0 Å². The predicted octanol–water partition coefficient (Wildman–Crippen LogP) is 2.24.